The highest BCUT2D eigenvalue weighted by atomic mass is 32.1. The summed E-state index contributed by atoms with van der Waals surface area (Å²) < 4.78 is 4.95. The fraction of sp³-hybridized carbons (Fsp3) is 0. The van der Waals surface area contributed by atoms with Gasteiger partial charge in [0.15, 0.2) is 5.69 Å². The van der Waals surface area contributed by atoms with E-state index in [1.807, 2.05) is 23.5 Å². The molecular weight excluding hydrogens is 577 g/mol. The Labute approximate surface area is 270 Å². The zero-order valence-electron chi connectivity index (χ0n) is 24.8. The van der Waals surface area contributed by atoms with Crippen molar-refractivity contribution in [3.63, 3.8) is 0 Å². The molecule has 0 aliphatic heterocycles. The zero-order valence-corrected chi connectivity index (χ0v) is 25.6. The van der Waals surface area contributed by atoms with Crippen LogP contribution in [0.2, 0.25) is 0 Å². The van der Waals surface area contributed by atoms with Gasteiger partial charge in [0, 0.05) is 31.2 Å². The summed E-state index contributed by atoms with van der Waals surface area (Å²) in [5, 5.41) is 4.86. The van der Waals surface area contributed by atoms with Gasteiger partial charge >= 0.3 is 0 Å². The van der Waals surface area contributed by atoms with E-state index in [1.54, 1.807) is 0 Å². The standard InChI is InChI=1S/C43H26N2S/c1-44-34-19-20-41-38(27-34)36-14-5-7-16-40(36)45(41)35-13-9-12-29(25-35)32-22-31(28-10-3-2-4-11-28)23-33(24-32)30-18-21-43-39(26-30)37-15-6-8-17-42(37)46-43/h2-27H. The van der Waals surface area contributed by atoms with Gasteiger partial charge in [-0.1, -0.05) is 91.0 Å². The first-order valence-corrected chi connectivity index (χ1v) is 16.2. The number of benzene rings is 7. The molecule has 46 heavy (non-hydrogen) atoms. The maximum Gasteiger partial charge on any atom is 0.188 e. The van der Waals surface area contributed by atoms with E-state index in [1.165, 1.54) is 48.0 Å². The van der Waals surface area contributed by atoms with Crippen molar-refractivity contribution in [2.24, 2.45) is 0 Å². The molecule has 0 aliphatic carbocycles. The summed E-state index contributed by atoms with van der Waals surface area (Å²) in [5.41, 5.74) is 11.1. The summed E-state index contributed by atoms with van der Waals surface area (Å²) in [6.07, 6.45) is 0. The normalized spacial score (nSPS) is 11.5. The van der Waals surface area contributed by atoms with Gasteiger partial charge in [0.2, 0.25) is 0 Å². The van der Waals surface area contributed by atoms with E-state index in [4.69, 9.17) is 6.57 Å². The van der Waals surface area contributed by atoms with Crippen molar-refractivity contribution in [2.45, 2.75) is 0 Å². The zero-order chi connectivity index (χ0) is 30.6. The lowest BCUT2D eigenvalue weighted by molar-refractivity contribution is 1.18. The van der Waals surface area contributed by atoms with Crippen molar-refractivity contribution < 1.29 is 0 Å². The highest BCUT2D eigenvalue weighted by Gasteiger charge is 2.15. The molecule has 0 unspecified atom stereocenters. The molecule has 0 spiro atoms. The van der Waals surface area contributed by atoms with Gasteiger partial charge in [0.1, 0.15) is 0 Å². The van der Waals surface area contributed by atoms with Crippen molar-refractivity contribution in [1.82, 2.24) is 4.57 Å². The van der Waals surface area contributed by atoms with Gasteiger partial charge in [0.05, 0.1) is 17.6 Å². The Balaban J connectivity index is 1.24. The molecule has 0 bridgehead atoms. The van der Waals surface area contributed by atoms with Crippen molar-refractivity contribution in [1.29, 1.82) is 0 Å². The van der Waals surface area contributed by atoms with Crippen LogP contribution in [0.5, 0.6) is 0 Å². The van der Waals surface area contributed by atoms with Gasteiger partial charge < -0.3 is 4.57 Å². The molecule has 0 amide bonds. The molecule has 0 radical (unpaired) electrons. The largest absolute Gasteiger partial charge is 0.309 e. The second-order valence-corrected chi connectivity index (χ2v) is 12.8. The molecule has 9 rings (SSSR count). The molecule has 2 nitrogen and oxygen atoms in total. The van der Waals surface area contributed by atoms with Crippen molar-refractivity contribution in [2.75, 3.05) is 0 Å². The van der Waals surface area contributed by atoms with Crippen molar-refractivity contribution in [3.8, 4) is 39.1 Å². The van der Waals surface area contributed by atoms with Gasteiger partial charge in [-0.15, -0.1) is 11.3 Å². The van der Waals surface area contributed by atoms with Crippen LogP contribution < -0.4 is 0 Å². The molecule has 7 aromatic carbocycles. The predicted molar refractivity (Wildman–Crippen MR) is 196 cm³/mol. The Hall–Kier alpha value is -5.95. The number of fused-ring (bicyclic) bond motifs is 6. The highest BCUT2D eigenvalue weighted by Crippen LogP contribution is 2.40. The maximum atomic E-state index is 7.57. The molecule has 9 aromatic rings. The quantitative estimate of drug-likeness (QED) is 0.177. The molecule has 2 heterocycles. The van der Waals surface area contributed by atoms with E-state index in [0.29, 0.717) is 5.69 Å². The highest BCUT2D eigenvalue weighted by molar-refractivity contribution is 7.25. The number of nitrogens with zero attached hydrogens (tertiary/aromatic N) is 2. The minimum absolute atomic E-state index is 0.656. The first kappa shape index (κ1) is 26.5. The summed E-state index contributed by atoms with van der Waals surface area (Å²) in [4.78, 5) is 3.70. The third kappa shape index (κ3) is 4.31. The average Bonchev–Trinajstić information content (AvgIpc) is 3.67. The number of hydrogen-bond donors (Lipinski definition) is 0. The topological polar surface area (TPSA) is 9.29 Å². The molecule has 0 saturated carbocycles. The lowest BCUT2D eigenvalue weighted by Gasteiger charge is -2.14. The van der Waals surface area contributed by atoms with E-state index < -0.39 is 0 Å². The van der Waals surface area contributed by atoms with Crippen LogP contribution in [0.25, 0.3) is 85.9 Å². The van der Waals surface area contributed by atoms with Gasteiger partial charge in [-0.05, 0) is 105 Å². The molecule has 0 atom stereocenters. The SMILES string of the molecule is [C-]#[N+]c1ccc2c(c1)c1ccccc1n2-c1cccc(-c2cc(-c3ccccc3)cc(-c3ccc4sc5ccccc5c4c3)c2)c1. The van der Waals surface area contributed by atoms with Gasteiger partial charge in [0.25, 0.3) is 0 Å². The van der Waals surface area contributed by atoms with E-state index in [2.05, 4.69) is 155 Å². The van der Waals surface area contributed by atoms with Gasteiger partial charge in [-0.3, -0.25) is 0 Å². The number of para-hydroxylation sites is 1. The van der Waals surface area contributed by atoms with Crippen LogP contribution in [0.1, 0.15) is 0 Å². The molecule has 0 saturated heterocycles. The summed E-state index contributed by atoms with van der Waals surface area (Å²) in [6.45, 7) is 7.57. The number of rotatable bonds is 4. The smallest absolute Gasteiger partial charge is 0.188 e. The average molecular weight is 603 g/mol. The first-order chi connectivity index (χ1) is 22.7. The van der Waals surface area contributed by atoms with Crippen molar-refractivity contribution in [3.05, 3.63) is 169 Å². The lowest BCUT2D eigenvalue weighted by atomic mass is 9.92. The molecular formula is C43H26N2S. The van der Waals surface area contributed by atoms with E-state index in [0.717, 1.165) is 33.1 Å². The lowest BCUT2D eigenvalue weighted by Crippen LogP contribution is -1.94. The maximum absolute atomic E-state index is 7.57. The van der Waals surface area contributed by atoms with E-state index in [9.17, 15) is 0 Å². The monoisotopic (exact) mass is 602 g/mol. The molecule has 0 aliphatic rings. The summed E-state index contributed by atoms with van der Waals surface area (Å²) in [5.74, 6) is 0. The van der Waals surface area contributed by atoms with Crippen LogP contribution in [-0.2, 0) is 0 Å². The summed E-state index contributed by atoms with van der Waals surface area (Å²) in [6, 6.07) is 56.5. The fourth-order valence-electron chi connectivity index (χ4n) is 6.80. The Morgan fingerprint density at radius 1 is 0.413 bits per heavy atom. The Morgan fingerprint density at radius 3 is 1.89 bits per heavy atom. The van der Waals surface area contributed by atoms with Crippen LogP contribution in [0.4, 0.5) is 5.69 Å². The van der Waals surface area contributed by atoms with Crippen LogP contribution in [0.15, 0.2) is 158 Å². The summed E-state index contributed by atoms with van der Waals surface area (Å²) >= 11 is 1.85. The first-order valence-electron chi connectivity index (χ1n) is 15.4. The Morgan fingerprint density at radius 2 is 1.07 bits per heavy atom. The predicted octanol–water partition coefficient (Wildman–Crippen LogP) is 12.7. The number of hydrogen-bond acceptors (Lipinski definition) is 1. The van der Waals surface area contributed by atoms with Crippen LogP contribution in [0, 0.1) is 6.57 Å². The van der Waals surface area contributed by atoms with E-state index >= 15 is 0 Å². The minimum atomic E-state index is 0.656. The summed E-state index contributed by atoms with van der Waals surface area (Å²) in [7, 11) is 0. The minimum Gasteiger partial charge on any atom is -0.309 e. The van der Waals surface area contributed by atoms with Gasteiger partial charge in [-0.25, -0.2) is 4.85 Å². The molecule has 2 aromatic heterocycles. The van der Waals surface area contributed by atoms with Crippen molar-refractivity contribution >= 4 is 59.0 Å². The third-order valence-electron chi connectivity index (χ3n) is 8.97. The van der Waals surface area contributed by atoms with Crippen LogP contribution >= 0.6 is 11.3 Å². The molecule has 214 valence electrons. The molecule has 0 fully saturated rings. The second kappa shape index (κ2) is 10.6. The molecule has 0 N–H and O–H groups in total. The second-order valence-electron chi connectivity index (χ2n) is 11.7. The van der Waals surface area contributed by atoms with Crippen LogP contribution in [0.3, 0.4) is 0 Å². The number of thiophene rings is 1. The van der Waals surface area contributed by atoms with E-state index in [-0.39, 0.29) is 0 Å². The Kier molecular flexibility index (Phi) is 6.09. The molecule has 3 heteroatoms. The van der Waals surface area contributed by atoms with Crippen LogP contribution in [-0.4, -0.2) is 4.57 Å². The number of aromatic nitrogens is 1. The Bertz CT molecular complexity index is 2650. The third-order valence-corrected chi connectivity index (χ3v) is 10.1. The fourth-order valence-corrected chi connectivity index (χ4v) is 7.88. The van der Waals surface area contributed by atoms with Gasteiger partial charge in [-0.2, -0.15) is 0 Å².